The number of aromatic nitrogens is 3. The lowest BCUT2D eigenvalue weighted by Gasteiger charge is -2.30. The van der Waals surface area contributed by atoms with Crippen molar-refractivity contribution in [1.29, 1.82) is 5.26 Å². The van der Waals surface area contributed by atoms with Crippen LogP contribution in [0.2, 0.25) is 0 Å². The molecule has 0 bridgehead atoms. The van der Waals surface area contributed by atoms with Gasteiger partial charge in [0.05, 0.1) is 22.9 Å². The second kappa shape index (κ2) is 12.0. The number of carboxylic acid groups (broad SMARTS) is 1. The Labute approximate surface area is 221 Å². The number of nitriles is 1. The van der Waals surface area contributed by atoms with Crippen molar-refractivity contribution in [3.63, 3.8) is 0 Å². The standard InChI is InChI=1S/C25H27N7O5S/c26-13-16-3-1-4-17(11-16)14-32(38(36)37)22(25(34)35)12-21-20(23(27)33)15-31(30-21)10-8-19-7-6-18-5-2-9-28-24(18)29-19/h1,3-4,6-7,11,15,22H,2,5,8-10,12,14H2,(H2,27,33)(H,28,29)(H,34,35)(H,36,37)/p-1/t22-/m0/s1. The highest BCUT2D eigenvalue weighted by atomic mass is 32.2. The summed E-state index contributed by atoms with van der Waals surface area (Å²) in [7, 11) is 0. The molecule has 0 saturated heterocycles. The van der Waals surface area contributed by atoms with Gasteiger partial charge < -0.3 is 20.7 Å². The Morgan fingerprint density at radius 1 is 1.34 bits per heavy atom. The molecule has 3 heterocycles. The number of benzene rings is 1. The fourth-order valence-electron chi connectivity index (χ4n) is 4.35. The van der Waals surface area contributed by atoms with E-state index >= 15 is 0 Å². The van der Waals surface area contributed by atoms with Crippen LogP contribution in [0.3, 0.4) is 0 Å². The third-order valence-electron chi connectivity index (χ3n) is 6.26. The van der Waals surface area contributed by atoms with Crippen LogP contribution < -0.4 is 11.1 Å². The summed E-state index contributed by atoms with van der Waals surface area (Å²) in [5, 5.41) is 26.7. The molecule has 4 rings (SSSR count). The monoisotopic (exact) mass is 536 g/mol. The molecule has 0 radical (unpaired) electrons. The number of aliphatic carboxylic acids is 1. The largest absolute Gasteiger partial charge is 0.760 e. The normalized spacial score (nSPS) is 14.2. The number of carboxylic acids is 1. The summed E-state index contributed by atoms with van der Waals surface area (Å²) in [6.07, 6.45) is 3.58. The van der Waals surface area contributed by atoms with Crippen molar-refractivity contribution in [2.24, 2.45) is 5.73 Å². The molecule has 1 amide bonds. The number of carbonyl (C=O) groups excluding carboxylic acids is 1. The van der Waals surface area contributed by atoms with E-state index in [0.717, 1.165) is 40.8 Å². The number of anilines is 1. The van der Waals surface area contributed by atoms with Crippen LogP contribution in [-0.4, -0.2) is 57.4 Å². The zero-order valence-electron chi connectivity index (χ0n) is 20.4. The molecule has 3 aromatic rings. The Kier molecular flexibility index (Phi) is 8.47. The van der Waals surface area contributed by atoms with Crippen LogP contribution in [0.15, 0.2) is 42.6 Å². The quantitative estimate of drug-likeness (QED) is 0.302. The van der Waals surface area contributed by atoms with Gasteiger partial charge in [0, 0.05) is 55.6 Å². The number of nitrogens with two attached hydrogens (primary N) is 1. The highest BCUT2D eigenvalue weighted by Crippen LogP contribution is 2.21. The second-order valence-electron chi connectivity index (χ2n) is 8.87. The highest BCUT2D eigenvalue weighted by Gasteiger charge is 2.30. The summed E-state index contributed by atoms with van der Waals surface area (Å²) in [5.41, 5.74) is 8.35. The number of nitrogens with one attached hydrogen (secondary N) is 1. The molecule has 4 N–H and O–H groups in total. The summed E-state index contributed by atoms with van der Waals surface area (Å²) in [6.45, 7) is 0.933. The van der Waals surface area contributed by atoms with Crippen molar-refractivity contribution >= 4 is 29.0 Å². The zero-order chi connectivity index (χ0) is 27.2. The van der Waals surface area contributed by atoms with Gasteiger partial charge in [0.25, 0.3) is 5.91 Å². The maximum absolute atomic E-state index is 12.1. The molecular formula is C25H26N7O5S-. The molecule has 0 fully saturated rings. The number of hydrogen-bond acceptors (Lipinski definition) is 8. The van der Waals surface area contributed by atoms with E-state index in [1.165, 1.54) is 16.9 Å². The van der Waals surface area contributed by atoms with E-state index in [2.05, 4.69) is 15.4 Å². The Morgan fingerprint density at radius 2 is 2.16 bits per heavy atom. The topological polar surface area (TPSA) is 190 Å². The van der Waals surface area contributed by atoms with E-state index < -0.39 is 29.2 Å². The molecule has 2 atom stereocenters. The molecule has 1 unspecified atom stereocenters. The minimum absolute atomic E-state index is 0.0134. The summed E-state index contributed by atoms with van der Waals surface area (Å²) < 4.78 is 26.3. The van der Waals surface area contributed by atoms with Crippen LogP contribution in [0.25, 0.3) is 0 Å². The van der Waals surface area contributed by atoms with Crippen molar-refractivity contribution in [2.45, 2.75) is 44.8 Å². The first kappa shape index (κ1) is 26.9. The third-order valence-corrected chi connectivity index (χ3v) is 7.02. The number of primary amides is 1. The first-order chi connectivity index (χ1) is 18.2. The molecule has 2 aromatic heterocycles. The summed E-state index contributed by atoms with van der Waals surface area (Å²) in [6, 6.07) is 10.6. The van der Waals surface area contributed by atoms with Crippen molar-refractivity contribution in [1.82, 2.24) is 19.1 Å². The molecular weight excluding hydrogens is 510 g/mol. The van der Waals surface area contributed by atoms with Gasteiger partial charge in [-0.1, -0.05) is 18.2 Å². The fraction of sp³-hybridized carbons (Fsp3) is 0.320. The van der Waals surface area contributed by atoms with Gasteiger partial charge in [-0.3, -0.25) is 18.5 Å². The van der Waals surface area contributed by atoms with Gasteiger partial charge in [0.15, 0.2) is 0 Å². The van der Waals surface area contributed by atoms with Crippen LogP contribution in [-0.2, 0) is 48.4 Å². The molecule has 1 aliphatic rings. The smallest absolute Gasteiger partial charge is 0.322 e. The molecule has 12 nitrogen and oxygen atoms in total. The average molecular weight is 537 g/mol. The summed E-state index contributed by atoms with van der Waals surface area (Å²) in [5.74, 6) is -1.35. The molecule has 0 spiro atoms. The minimum atomic E-state index is -2.92. The maximum atomic E-state index is 12.1. The average Bonchev–Trinajstić information content (AvgIpc) is 3.32. The van der Waals surface area contributed by atoms with Gasteiger partial charge in [0.1, 0.15) is 11.9 Å². The number of fused-ring (bicyclic) bond motifs is 1. The van der Waals surface area contributed by atoms with Crippen molar-refractivity contribution in [3.05, 3.63) is 76.2 Å². The Morgan fingerprint density at radius 3 is 2.87 bits per heavy atom. The highest BCUT2D eigenvalue weighted by molar-refractivity contribution is 7.76. The number of carbonyl (C=O) groups is 2. The lowest BCUT2D eigenvalue weighted by Crippen LogP contribution is -2.43. The van der Waals surface area contributed by atoms with Crippen LogP contribution in [0.5, 0.6) is 0 Å². The zero-order valence-corrected chi connectivity index (χ0v) is 21.2. The SMILES string of the molecule is N#Cc1cccc(CN([C@@H](Cc2nn(CCc3ccc4c(n3)NCCC4)cc2C(N)=O)C(=O)O)S(=O)[O-])c1. The molecule has 1 aliphatic heterocycles. The van der Waals surface area contributed by atoms with E-state index in [1.54, 1.807) is 18.2 Å². The van der Waals surface area contributed by atoms with Crippen molar-refractivity contribution in [3.8, 4) is 6.07 Å². The number of aryl methyl sites for hydroxylation is 3. The van der Waals surface area contributed by atoms with Crippen LogP contribution in [0, 0.1) is 11.3 Å². The second-order valence-corrected chi connectivity index (χ2v) is 9.77. The lowest BCUT2D eigenvalue weighted by atomic mass is 10.1. The van der Waals surface area contributed by atoms with Gasteiger partial charge in [0.2, 0.25) is 0 Å². The van der Waals surface area contributed by atoms with Gasteiger partial charge in [-0.2, -0.15) is 10.4 Å². The Balaban J connectivity index is 1.54. The molecule has 1 aromatic carbocycles. The fourth-order valence-corrected chi connectivity index (χ4v) is 4.98. The van der Waals surface area contributed by atoms with Crippen LogP contribution in [0.1, 0.15) is 44.9 Å². The summed E-state index contributed by atoms with van der Waals surface area (Å²) >= 11 is -2.92. The van der Waals surface area contributed by atoms with E-state index in [1.807, 2.05) is 18.2 Å². The van der Waals surface area contributed by atoms with Gasteiger partial charge >= 0.3 is 5.97 Å². The molecule has 38 heavy (non-hydrogen) atoms. The first-order valence-electron chi connectivity index (χ1n) is 11.9. The van der Waals surface area contributed by atoms with Crippen LogP contribution >= 0.6 is 0 Å². The van der Waals surface area contributed by atoms with E-state index in [4.69, 9.17) is 11.0 Å². The number of hydrogen-bond donors (Lipinski definition) is 3. The molecule has 0 saturated carbocycles. The summed E-state index contributed by atoms with van der Waals surface area (Å²) in [4.78, 5) is 28.9. The van der Waals surface area contributed by atoms with E-state index in [-0.39, 0.29) is 24.2 Å². The van der Waals surface area contributed by atoms with E-state index in [0.29, 0.717) is 24.1 Å². The lowest BCUT2D eigenvalue weighted by molar-refractivity contribution is -0.141. The predicted octanol–water partition coefficient (Wildman–Crippen LogP) is 1.14. The number of nitrogens with zero attached hydrogens (tertiary/aromatic N) is 5. The Bertz CT molecular complexity index is 1420. The number of rotatable bonds is 11. The first-order valence-corrected chi connectivity index (χ1v) is 12.9. The minimum Gasteiger partial charge on any atom is -0.760 e. The number of amides is 1. The van der Waals surface area contributed by atoms with Crippen molar-refractivity contribution < 1.29 is 23.5 Å². The predicted molar refractivity (Wildman–Crippen MR) is 136 cm³/mol. The number of pyridine rings is 1. The van der Waals surface area contributed by atoms with Gasteiger partial charge in [-0.25, -0.2) is 9.29 Å². The van der Waals surface area contributed by atoms with Crippen molar-refractivity contribution in [2.75, 3.05) is 11.9 Å². The molecule has 13 heteroatoms. The van der Waals surface area contributed by atoms with Crippen LogP contribution in [0.4, 0.5) is 5.82 Å². The van der Waals surface area contributed by atoms with E-state index in [9.17, 15) is 23.5 Å². The molecule has 198 valence electrons. The Hall–Kier alpha value is -4.12. The molecule has 0 aliphatic carbocycles. The maximum Gasteiger partial charge on any atom is 0.322 e. The third kappa shape index (κ3) is 6.41. The van der Waals surface area contributed by atoms with Gasteiger partial charge in [-0.05, 0) is 42.2 Å². The van der Waals surface area contributed by atoms with Gasteiger partial charge in [-0.15, -0.1) is 0 Å².